The van der Waals surface area contributed by atoms with Crippen LogP contribution in [0.5, 0.6) is 5.75 Å². The van der Waals surface area contributed by atoms with E-state index in [1.165, 1.54) is 22.3 Å². The maximum Gasteiger partial charge on any atom is 0.131 e. The van der Waals surface area contributed by atoms with E-state index >= 15 is 0 Å². The third kappa shape index (κ3) is 3.21. The maximum atomic E-state index is 11.0. The number of rotatable bonds is 2. The van der Waals surface area contributed by atoms with Gasteiger partial charge in [-0.1, -0.05) is 58.7 Å². The molecule has 122 valence electrons. The number of aryl methyl sites for hydroxylation is 5. The summed E-state index contributed by atoms with van der Waals surface area (Å²) in [5, 5.41) is 11.0. The maximum absolute atomic E-state index is 11.0. The van der Waals surface area contributed by atoms with Gasteiger partial charge in [-0.2, -0.15) is 0 Å². The van der Waals surface area contributed by atoms with Crippen molar-refractivity contribution in [2.75, 3.05) is 0 Å². The monoisotopic (exact) mass is 316 g/mol. The Hall–Kier alpha value is -2.54. The lowest BCUT2D eigenvalue weighted by atomic mass is 9.92. The van der Waals surface area contributed by atoms with E-state index in [1.807, 2.05) is 0 Å². The first kappa shape index (κ1) is 16.3. The number of hydrogen-bond acceptors (Lipinski definition) is 1. The SMILES string of the molecule is Cc1cc(C)cc(-c2cc(C)cc(-c3cc(C)cc(C)c3)c2O)c1. The summed E-state index contributed by atoms with van der Waals surface area (Å²) in [6, 6.07) is 17.0. The highest BCUT2D eigenvalue weighted by Gasteiger charge is 2.13. The van der Waals surface area contributed by atoms with Gasteiger partial charge in [0.1, 0.15) is 5.75 Å². The fourth-order valence-electron chi connectivity index (χ4n) is 3.48. The molecule has 0 unspecified atom stereocenters. The number of phenolic OH excluding ortho intramolecular Hbond substituents is 1. The van der Waals surface area contributed by atoms with Crippen LogP contribution in [-0.4, -0.2) is 5.11 Å². The molecule has 0 aromatic heterocycles. The summed E-state index contributed by atoms with van der Waals surface area (Å²) in [5.41, 5.74) is 9.91. The van der Waals surface area contributed by atoms with Crippen molar-refractivity contribution in [2.45, 2.75) is 34.6 Å². The topological polar surface area (TPSA) is 20.2 Å². The molecule has 0 saturated heterocycles. The van der Waals surface area contributed by atoms with Crippen molar-refractivity contribution in [3.8, 4) is 28.0 Å². The molecule has 0 fully saturated rings. The Labute approximate surface area is 144 Å². The molecule has 0 atom stereocenters. The Bertz CT molecular complexity index is 806. The summed E-state index contributed by atoms with van der Waals surface area (Å²) in [6.45, 7) is 10.4. The Morgan fingerprint density at radius 2 is 0.750 bits per heavy atom. The normalized spacial score (nSPS) is 10.9. The van der Waals surface area contributed by atoms with E-state index in [-0.39, 0.29) is 0 Å². The van der Waals surface area contributed by atoms with Gasteiger partial charge < -0.3 is 5.11 Å². The Morgan fingerprint density at radius 3 is 1.08 bits per heavy atom. The molecule has 24 heavy (non-hydrogen) atoms. The second-order valence-electron chi connectivity index (χ2n) is 6.96. The van der Waals surface area contributed by atoms with Crippen LogP contribution < -0.4 is 0 Å². The highest BCUT2D eigenvalue weighted by molar-refractivity contribution is 5.83. The first-order valence-electron chi connectivity index (χ1n) is 8.34. The minimum Gasteiger partial charge on any atom is -0.507 e. The summed E-state index contributed by atoms with van der Waals surface area (Å²) < 4.78 is 0. The van der Waals surface area contributed by atoms with Crippen LogP contribution in [0.4, 0.5) is 0 Å². The molecular weight excluding hydrogens is 292 g/mol. The van der Waals surface area contributed by atoms with Crippen LogP contribution in [0, 0.1) is 34.6 Å². The summed E-state index contributed by atoms with van der Waals surface area (Å²) in [6.07, 6.45) is 0. The van der Waals surface area contributed by atoms with Gasteiger partial charge in [-0.15, -0.1) is 0 Å². The van der Waals surface area contributed by atoms with Crippen LogP contribution in [-0.2, 0) is 0 Å². The number of benzene rings is 3. The Balaban J connectivity index is 2.25. The van der Waals surface area contributed by atoms with Crippen LogP contribution in [0.25, 0.3) is 22.3 Å². The second-order valence-corrected chi connectivity index (χ2v) is 6.96. The standard InChI is InChI=1S/C23H24O/c1-14-6-15(2)9-19(8-14)21-12-18(5)13-22(23(21)24)20-10-16(3)7-17(4)11-20/h6-13,24H,1-5H3. The van der Waals surface area contributed by atoms with E-state index in [0.29, 0.717) is 5.75 Å². The summed E-state index contributed by atoms with van der Waals surface area (Å²) in [4.78, 5) is 0. The van der Waals surface area contributed by atoms with E-state index < -0.39 is 0 Å². The zero-order valence-corrected chi connectivity index (χ0v) is 15.1. The van der Waals surface area contributed by atoms with Gasteiger partial charge in [0, 0.05) is 11.1 Å². The molecular formula is C23H24O. The van der Waals surface area contributed by atoms with E-state index in [1.54, 1.807) is 0 Å². The molecule has 1 nitrogen and oxygen atoms in total. The van der Waals surface area contributed by atoms with Gasteiger partial charge in [0.15, 0.2) is 0 Å². The lowest BCUT2D eigenvalue weighted by Gasteiger charge is -2.14. The zero-order chi connectivity index (χ0) is 17.4. The molecule has 0 aliphatic rings. The van der Waals surface area contributed by atoms with Gasteiger partial charge in [-0.05, 0) is 63.4 Å². The van der Waals surface area contributed by atoms with Gasteiger partial charge >= 0.3 is 0 Å². The fraction of sp³-hybridized carbons (Fsp3) is 0.217. The molecule has 1 heteroatoms. The van der Waals surface area contributed by atoms with Crippen molar-refractivity contribution in [2.24, 2.45) is 0 Å². The number of hydrogen-bond donors (Lipinski definition) is 1. The predicted molar refractivity (Wildman–Crippen MR) is 103 cm³/mol. The van der Waals surface area contributed by atoms with Gasteiger partial charge in [-0.25, -0.2) is 0 Å². The molecule has 0 radical (unpaired) electrons. The molecule has 0 aliphatic heterocycles. The molecule has 0 aliphatic carbocycles. The lowest BCUT2D eigenvalue weighted by Crippen LogP contribution is -1.90. The first-order chi connectivity index (χ1) is 11.3. The molecule has 0 heterocycles. The van der Waals surface area contributed by atoms with Crippen LogP contribution >= 0.6 is 0 Å². The number of phenols is 1. The lowest BCUT2D eigenvalue weighted by molar-refractivity contribution is 0.479. The van der Waals surface area contributed by atoms with Crippen molar-refractivity contribution in [3.63, 3.8) is 0 Å². The van der Waals surface area contributed by atoms with E-state index in [2.05, 4.69) is 83.1 Å². The smallest absolute Gasteiger partial charge is 0.131 e. The molecule has 3 aromatic rings. The zero-order valence-electron chi connectivity index (χ0n) is 15.1. The first-order valence-corrected chi connectivity index (χ1v) is 8.34. The van der Waals surface area contributed by atoms with Crippen LogP contribution in [0.15, 0.2) is 48.5 Å². The molecule has 1 N–H and O–H groups in total. The van der Waals surface area contributed by atoms with E-state index in [0.717, 1.165) is 27.8 Å². The predicted octanol–water partition coefficient (Wildman–Crippen LogP) is 6.27. The summed E-state index contributed by atoms with van der Waals surface area (Å²) >= 11 is 0. The summed E-state index contributed by atoms with van der Waals surface area (Å²) in [7, 11) is 0. The van der Waals surface area contributed by atoms with Crippen LogP contribution in [0.1, 0.15) is 27.8 Å². The average molecular weight is 316 g/mol. The Morgan fingerprint density at radius 1 is 0.458 bits per heavy atom. The molecule has 0 amide bonds. The minimum atomic E-state index is 0.357. The number of aromatic hydroxyl groups is 1. The van der Waals surface area contributed by atoms with Crippen LogP contribution in [0.3, 0.4) is 0 Å². The molecule has 0 spiro atoms. The van der Waals surface area contributed by atoms with Gasteiger partial charge in [0.25, 0.3) is 0 Å². The second kappa shape index (κ2) is 6.16. The molecule has 3 rings (SSSR count). The highest BCUT2D eigenvalue weighted by Crippen LogP contribution is 2.40. The van der Waals surface area contributed by atoms with E-state index in [4.69, 9.17) is 0 Å². The van der Waals surface area contributed by atoms with Gasteiger partial charge in [0.05, 0.1) is 0 Å². The highest BCUT2D eigenvalue weighted by atomic mass is 16.3. The minimum absolute atomic E-state index is 0.357. The van der Waals surface area contributed by atoms with Crippen molar-refractivity contribution in [1.82, 2.24) is 0 Å². The van der Waals surface area contributed by atoms with Gasteiger partial charge in [0.2, 0.25) is 0 Å². The van der Waals surface area contributed by atoms with Gasteiger partial charge in [-0.3, -0.25) is 0 Å². The Kier molecular flexibility index (Phi) is 4.19. The molecule has 0 bridgehead atoms. The third-order valence-electron chi connectivity index (χ3n) is 4.32. The average Bonchev–Trinajstić information content (AvgIpc) is 2.47. The largest absolute Gasteiger partial charge is 0.507 e. The van der Waals surface area contributed by atoms with E-state index in [9.17, 15) is 5.11 Å². The van der Waals surface area contributed by atoms with Crippen molar-refractivity contribution < 1.29 is 5.11 Å². The quantitative estimate of drug-likeness (QED) is 0.591. The molecule has 3 aromatic carbocycles. The third-order valence-corrected chi connectivity index (χ3v) is 4.32. The van der Waals surface area contributed by atoms with Crippen LogP contribution in [0.2, 0.25) is 0 Å². The molecule has 0 saturated carbocycles. The summed E-state index contributed by atoms with van der Waals surface area (Å²) in [5.74, 6) is 0.357. The van der Waals surface area contributed by atoms with Crippen molar-refractivity contribution in [1.29, 1.82) is 0 Å². The van der Waals surface area contributed by atoms with Crippen molar-refractivity contribution >= 4 is 0 Å². The van der Waals surface area contributed by atoms with Crippen molar-refractivity contribution in [3.05, 3.63) is 76.3 Å². The fourth-order valence-corrected chi connectivity index (χ4v) is 3.48.